The Balaban J connectivity index is 1.46. The molecular formula is C23H22Cl2F4N4O2. The minimum atomic E-state index is -4.78. The SMILES string of the molecule is COc1cc(N2CCN(C(=O)CN3N=C(C(F)(F)F)C(Cl)C3c3cccc(F)c3)CC2)ccc1Cl. The highest BCUT2D eigenvalue weighted by Crippen LogP contribution is 2.39. The number of methoxy groups -OCH3 is 1. The summed E-state index contributed by atoms with van der Waals surface area (Å²) >= 11 is 12.2. The molecule has 1 fully saturated rings. The maximum atomic E-state index is 13.8. The molecule has 2 aromatic rings. The molecule has 0 saturated carbocycles. The summed E-state index contributed by atoms with van der Waals surface area (Å²) in [5.41, 5.74) is -0.113. The first kappa shape index (κ1) is 25.4. The van der Waals surface area contributed by atoms with Gasteiger partial charge in [-0.3, -0.25) is 9.80 Å². The summed E-state index contributed by atoms with van der Waals surface area (Å²) in [6.45, 7) is 1.33. The second kappa shape index (κ2) is 10.1. The number of carbonyl (C=O) groups is 1. The van der Waals surface area contributed by atoms with Crippen molar-refractivity contribution in [2.24, 2.45) is 5.10 Å². The van der Waals surface area contributed by atoms with Crippen molar-refractivity contribution in [3.05, 3.63) is 58.9 Å². The van der Waals surface area contributed by atoms with Gasteiger partial charge in [0.1, 0.15) is 23.5 Å². The zero-order valence-electron chi connectivity index (χ0n) is 18.6. The van der Waals surface area contributed by atoms with Gasteiger partial charge in [0.2, 0.25) is 5.91 Å². The minimum Gasteiger partial charge on any atom is -0.495 e. The predicted molar refractivity (Wildman–Crippen MR) is 126 cm³/mol. The van der Waals surface area contributed by atoms with E-state index in [1.54, 1.807) is 11.0 Å². The van der Waals surface area contributed by atoms with Gasteiger partial charge in [0, 0.05) is 37.9 Å². The van der Waals surface area contributed by atoms with Crippen molar-refractivity contribution < 1.29 is 27.1 Å². The van der Waals surface area contributed by atoms with Crippen LogP contribution in [0.4, 0.5) is 23.2 Å². The average molecular weight is 533 g/mol. The Morgan fingerprint density at radius 3 is 2.49 bits per heavy atom. The van der Waals surface area contributed by atoms with Crippen LogP contribution in [0, 0.1) is 5.82 Å². The molecule has 0 bridgehead atoms. The highest BCUT2D eigenvalue weighted by atomic mass is 35.5. The summed E-state index contributed by atoms with van der Waals surface area (Å²) in [6.07, 6.45) is -4.78. The Morgan fingerprint density at radius 2 is 1.86 bits per heavy atom. The number of nitrogens with zero attached hydrogens (tertiary/aromatic N) is 4. The van der Waals surface area contributed by atoms with Crippen LogP contribution in [0.1, 0.15) is 11.6 Å². The number of alkyl halides is 4. The summed E-state index contributed by atoms with van der Waals surface area (Å²) in [5, 5.41) is 3.55. The number of rotatable bonds is 5. The van der Waals surface area contributed by atoms with Gasteiger partial charge in [0.05, 0.1) is 18.2 Å². The molecule has 6 nitrogen and oxygen atoms in total. The summed E-state index contributed by atoms with van der Waals surface area (Å²) in [7, 11) is 1.52. The average Bonchev–Trinajstić information content (AvgIpc) is 3.15. The van der Waals surface area contributed by atoms with Crippen LogP contribution in [0.5, 0.6) is 5.75 Å². The number of amides is 1. The molecular weight excluding hydrogens is 511 g/mol. The molecule has 1 amide bonds. The maximum absolute atomic E-state index is 13.8. The summed E-state index contributed by atoms with van der Waals surface area (Å²) in [6, 6.07) is 9.39. The molecule has 2 unspecified atom stereocenters. The topological polar surface area (TPSA) is 48.4 Å². The van der Waals surface area contributed by atoms with E-state index in [4.69, 9.17) is 27.9 Å². The maximum Gasteiger partial charge on any atom is 0.432 e. The predicted octanol–water partition coefficient (Wildman–Crippen LogP) is 4.72. The zero-order chi connectivity index (χ0) is 25.3. The number of ether oxygens (including phenoxy) is 1. The standard InChI is InChI=1S/C23H22Cl2F4N4O2/c1-35-18-12-16(5-6-17(18)24)31-7-9-32(10-8-31)19(34)13-33-21(14-3-2-4-15(26)11-14)20(25)22(30-33)23(27,28)29/h2-6,11-12,20-21H,7-10,13H2,1H3. The Labute approximate surface area is 209 Å². The van der Waals surface area contributed by atoms with Crippen LogP contribution in [-0.2, 0) is 4.79 Å². The third-order valence-corrected chi connectivity index (χ3v) is 6.76. The third-order valence-electron chi connectivity index (χ3n) is 6.01. The van der Waals surface area contributed by atoms with Crippen molar-refractivity contribution in [1.82, 2.24) is 9.91 Å². The quantitative estimate of drug-likeness (QED) is 0.413. The zero-order valence-corrected chi connectivity index (χ0v) is 20.1. The van der Waals surface area contributed by atoms with Crippen LogP contribution < -0.4 is 9.64 Å². The molecule has 2 aliphatic rings. The van der Waals surface area contributed by atoms with Gasteiger partial charge < -0.3 is 14.5 Å². The highest BCUT2D eigenvalue weighted by molar-refractivity contribution is 6.34. The van der Waals surface area contributed by atoms with E-state index in [0.717, 1.165) is 16.8 Å². The molecule has 0 radical (unpaired) electrons. The molecule has 2 aromatic carbocycles. The van der Waals surface area contributed by atoms with Crippen LogP contribution in [0.15, 0.2) is 47.6 Å². The van der Waals surface area contributed by atoms with E-state index in [1.807, 2.05) is 12.1 Å². The first-order valence-electron chi connectivity index (χ1n) is 10.8. The molecule has 0 aliphatic carbocycles. The van der Waals surface area contributed by atoms with Crippen molar-refractivity contribution >= 4 is 40.5 Å². The number of hydrogen-bond acceptors (Lipinski definition) is 5. The molecule has 0 aromatic heterocycles. The van der Waals surface area contributed by atoms with Crippen molar-refractivity contribution in [2.45, 2.75) is 17.6 Å². The number of piperazine rings is 1. The second-order valence-electron chi connectivity index (χ2n) is 8.17. The van der Waals surface area contributed by atoms with E-state index < -0.39 is 41.6 Å². The van der Waals surface area contributed by atoms with Gasteiger partial charge >= 0.3 is 6.18 Å². The van der Waals surface area contributed by atoms with Gasteiger partial charge in [-0.1, -0.05) is 23.7 Å². The van der Waals surface area contributed by atoms with E-state index in [1.165, 1.54) is 25.3 Å². The summed E-state index contributed by atoms with van der Waals surface area (Å²) in [5.74, 6) is -0.474. The Hall–Kier alpha value is -2.72. The van der Waals surface area contributed by atoms with Crippen LogP contribution in [0.3, 0.4) is 0 Å². The molecule has 2 heterocycles. The molecule has 4 rings (SSSR count). The van der Waals surface area contributed by atoms with Gasteiger partial charge in [-0.05, 0) is 29.8 Å². The van der Waals surface area contributed by atoms with Crippen LogP contribution in [-0.4, -0.2) is 72.9 Å². The first-order valence-corrected chi connectivity index (χ1v) is 11.6. The number of hydrogen-bond donors (Lipinski definition) is 0. The summed E-state index contributed by atoms with van der Waals surface area (Å²) in [4.78, 5) is 16.6. The van der Waals surface area contributed by atoms with Gasteiger partial charge in [-0.25, -0.2) is 4.39 Å². The lowest BCUT2D eigenvalue weighted by Gasteiger charge is -2.37. The van der Waals surface area contributed by atoms with E-state index in [-0.39, 0.29) is 5.56 Å². The molecule has 2 atom stereocenters. The Kier molecular flexibility index (Phi) is 7.32. The molecule has 0 spiro atoms. The van der Waals surface area contributed by atoms with Crippen molar-refractivity contribution in [3.63, 3.8) is 0 Å². The highest BCUT2D eigenvalue weighted by Gasteiger charge is 2.50. The van der Waals surface area contributed by atoms with Gasteiger partial charge in [0.25, 0.3) is 0 Å². The smallest absolute Gasteiger partial charge is 0.432 e. The van der Waals surface area contributed by atoms with Crippen molar-refractivity contribution in [3.8, 4) is 5.75 Å². The van der Waals surface area contributed by atoms with E-state index in [0.29, 0.717) is 37.0 Å². The number of anilines is 1. The monoisotopic (exact) mass is 532 g/mol. The Bertz CT molecular complexity index is 1120. The largest absolute Gasteiger partial charge is 0.495 e. The van der Waals surface area contributed by atoms with Crippen molar-refractivity contribution in [2.75, 3.05) is 44.7 Å². The lowest BCUT2D eigenvalue weighted by atomic mass is 10.0. The van der Waals surface area contributed by atoms with Gasteiger partial charge in [-0.15, -0.1) is 11.6 Å². The number of hydrazone groups is 1. The molecule has 0 N–H and O–H groups in total. The second-order valence-corrected chi connectivity index (χ2v) is 9.05. The number of carbonyl (C=O) groups excluding carboxylic acids is 1. The number of halogens is 6. The minimum absolute atomic E-state index is 0.210. The van der Waals surface area contributed by atoms with Crippen molar-refractivity contribution in [1.29, 1.82) is 0 Å². The summed E-state index contributed by atoms with van der Waals surface area (Å²) < 4.78 is 59.5. The van der Waals surface area contributed by atoms with E-state index in [9.17, 15) is 22.4 Å². The fourth-order valence-electron chi connectivity index (χ4n) is 4.23. The lowest BCUT2D eigenvalue weighted by molar-refractivity contribution is -0.133. The molecule has 1 saturated heterocycles. The van der Waals surface area contributed by atoms with E-state index in [2.05, 4.69) is 10.0 Å². The normalized spacial score (nSPS) is 20.8. The lowest BCUT2D eigenvalue weighted by Crippen LogP contribution is -2.51. The molecule has 12 heteroatoms. The van der Waals surface area contributed by atoms with E-state index >= 15 is 0 Å². The molecule has 188 valence electrons. The fourth-order valence-corrected chi connectivity index (χ4v) is 4.87. The van der Waals surface area contributed by atoms with Gasteiger partial charge in [0.15, 0.2) is 5.71 Å². The van der Waals surface area contributed by atoms with Crippen LogP contribution >= 0.6 is 23.2 Å². The molecule has 2 aliphatic heterocycles. The van der Waals surface area contributed by atoms with Crippen LogP contribution in [0.2, 0.25) is 5.02 Å². The Morgan fingerprint density at radius 1 is 1.14 bits per heavy atom. The van der Waals surface area contributed by atoms with Crippen LogP contribution in [0.25, 0.3) is 0 Å². The first-order chi connectivity index (χ1) is 16.6. The third kappa shape index (κ3) is 5.43. The molecule has 35 heavy (non-hydrogen) atoms. The number of benzene rings is 2. The fraction of sp³-hybridized carbons (Fsp3) is 0.391. The van der Waals surface area contributed by atoms with Gasteiger partial charge in [-0.2, -0.15) is 18.3 Å².